The van der Waals surface area contributed by atoms with Gasteiger partial charge in [0.2, 0.25) is 0 Å². The molecule has 0 unspecified atom stereocenters. The van der Waals surface area contributed by atoms with Crippen LogP contribution in [0.4, 0.5) is 0 Å². The van der Waals surface area contributed by atoms with Gasteiger partial charge in [0.25, 0.3) is 0 Å². The normalized spacial score (nSPS) is 11.4. The Bertz CT molecular complexity index is 388. The lowest BCUT2D eigenvalue weighted by molar-refractivity contribution is -0.134. The molecule has 0 amide bonds. The van der Waals surface area contributed by atoms with Crippen LogP contribution in [0.3, 0.4) is 0 Å². The molecule has 17 heavy (non-hydrogen) atoms. The first-order valence-electron chi connectivity index (χ1n) is 6.09. The number of allylic oxidation sites excluding steroid dienone is 1. The number of carbonyl (C=O) groups excluding carboxylic acids is 1. The first-order chi connectivity index (χ1) is 8.21. The second kappa shape index (κ2) is 6.89. The van der Waals surface area contributed by atoms with Crippen molar-refractivity contribution in [2.24, 2.45) is 0 Å². The molecule has 0 saturated carbocycles. The zero-order chi connectivity index (χ0) is 12.7. The van der Waals surface area contributed by atoms with Gasteiger partial charge in [0.1, 0.15) is 0 Å². The van der Waals surface area contributed by atoms with E-state index in [4.69, 9.17) is 0 Å². The van der Waals surface area contributed by atoms with E-state index in [1.54, 1.807) is 6.08 Å². The van der Waals surface area contributed by atoms with Gasteiger partial charge < -0.3 is 4.74 Å². The summed E-state index contributed by atoms with van der Waals surface area (Å²) in [6, 6.07) is 8.36. The standard InChI is InChI=1S/C15H20O2/c1-4-6-14(11-15(16)17-3)13-9-7-12(5-2)8-10-13/h7-11H,4-6H2,1-3H3. The fourth-order valence-corrected chi connectivity index (χ4v) is 1.72. The van der Waals surface area contributed by atoms with Crippen molar-refractivity contribution in [3.05, 3.63) is 41.5 Å². The SMILES string of the molecule is CCCC(=CC(=O)OC)c1ccc(CC)cc1. The molecule has 92 valence electrons. The van der Waals surface area contributed by atoms with E-state index in [0.29, 0.717) is 0 Å². The minimum absolute atomic E-state index is 0.284. The largest absolute Gasteiger partial charge is 0.466 e. The molecule has 0 spiro atoms. The van der Waals surface area contributed by atoms with E-state index in [9.17, 15) is 4.79 Å². The molecule has 0 N–H and O–H groups in total. The van der Waals surface area contributed by atoms with Crippen LogP contribution in [0, 0.1) is 0 Å². The van der Waals surface area contributed by atoms with Crippen molar-refractivity contribution in [2.45, 2.75) is 33.1 Å². The zero-order valence-corrected chi connectivity index (χ0v) is 10.8. The summed E-state index contributed by atoms with van der Waals surface area (Å²) in [5.41, 5.74) is 3.46. The van der Waals surface area contributed by atoms with Crippen molar-refractivity contribution in [2.75, 3.05) is 7.11 Å². The first kappa shape index (κ1) is 13.5. The highest BCUT2D eigenvalue weighted by molar-refractivity contribution is 5.91. The second-order valence-electron chi connectivity index (χ2n) is 3.99. The maximum absolute atomic E-state index is 11.3. The summed E-state index contributed by atoms with van der Waals surface area (Å²) >= 11 is 0. The van der Waals surface area contributed by atoms with E-state index in [0.717, 1.165) is 30.4 Å². The van der Waals surface area contributed by atoms with Gasteiger partial charge in [-0.3, -0.25) is 0 Å². The van der Waals surface area contributed by atoms with Crippen molar-refractivity contribution in [3.8, 4) is 0 Å². The number of carbonyl (C=O) groups is 1. The molecule has 1 aromatic rings. The van der Waals surface area contributed by atoms with E-state index in [1.165, 1.54) is 12.7 Å². The molecule has 0 heterocycles. The van der Waals surface area contributed by atoms with Crippen molar-refractivity contribution in [1.29, 1.82) is 0 Å². The van der Waals surface area contributed by atoms with Gasteiger partial charge in [-0.05, 0) is 29.5 Å². The van der Waals surface area contributed by atoms with E-state index in [-0.39, 0.29) is 5.97 Å². The third kappa shape index (κ3) is 4.06. The monoisotopic (exact) mass is 232 g/mol. The third-order valence-corrected chi connectivity index (χ3v) is 2.75. The Balaban J connectivity index is 2.96. The van der Waals surface area contributed by atoms with Crippen LogP contribution in [-0.2, 0) is 16.0 Å². The predicted octanol–water partition coefficient (Wildman–Crippen LogP) is 3.61. The van der Waals surface area contributed by atoms with E-state index in [1.807, 2.05) is 0 Å². The average molecular weight is 232 g/mol. The number of esters is 1. The number of benzene rings is 1. The summed E-state index contributed by atoms with van der Waals surface area (Å²) < 4.78 is 4.68. The lowest BCUT2D eigenvalue weighted by atomic mass is 9.99. The number of hydrogen-bond donors (Lipinski definition) is 0. The molecule has 0 aliphatic rings. The number of hydrogen-bond acceptors (Lipinski definition) is 2. The number of methoxy groups -OCH3 is 1. The Kier molecular flexibility index (Phi) is 5.47. The molecule has 2 heteroatoms. The van der Waals surface area contributed by atoms with Crippen molar-refractivity contribution in [3.63, 3.8) is 0 Å². The third-order valence-electron chi connectivity index (χ3n) is 2.75. The Labute approximate surface area is 103 Å². The van der Waals surface area contributed by atoms with Crippen LogP contribution >= 0.6 is 0 Å². The van der Waals surface area contributed by atoms with Crippen LogP contribution in [0.5, 0.6) is 0 Å². The van der Waals surface area contributed by atoms with Gasteiger partial charge in [0.05, 0.1) is 7.11 Å². The first-order valence-corrected chi connectivity index (χ1v) is 6.09. The number of ether oxygens (including phenoxy) is 1. The molecule has 0 aromatic heterocycles. The maximum atomic E-state index is 11.3. The van der Waals surface area contributed by atoms with Gasteiger partial charge in [-0.1, -0.05) is 44.5 Å². The molecule has 0 aliphatic heterocycles. The summed E-state index contributed by atoms with van der Waals surface area (Å²) in [4.78, 5) is 11.3. The Hall–Kier alpha value is -1.57. The van der Waals surface area contributed by atoms with Crippen LogP contribution in [0.2, 0.25) is 0 Å². The molecular formula is C15H20O2. The predicted molar refractivity (Wildman–Crippen MR) is 70.7 cm³/mol. The summed E-state index contributed by atoms with van der Waals surface area (Å²) in [6.45, 7) is 4.23. The highest BCUT2D eigenvalue weighted by Gasteiger charge is 2.04. The Morgan fingerprint density at radius 2 is 1.88 bits per heavy atom. The minimum atomic E-state index is -0.284. The van der Waals surface area contributed by atoms with Crippen LogP contribution in [-0.4, -0.2) is 13.1 Å². The van der Waals surface area contributed by atoms with Gasteiger partial charge in [0.15, 0.2) is 0 Å². The molecule has 0 saturated heterocycles. The molecular weight excluding hydrogens is 212 g/mol. The van der Waals surface area contributed by atoms with Crippen molar-refractivity contribution < 1.29 is 9.53 Å². The Morgan fingerprint density at radius 1 is 1.24 bits per heavy atom. The highest BCUT2D eigenvalue weighted by atomic mass is 16.5. The van der Waals surface area contributed by atoms with E-state index in [2.05, 4.69) is 42.8 Å². The van der Waals surface area contributed by atoms with Crippen LogP contribution in [0.1, 0.15) is 37.8 Å². The highest BCUT2D eigenvalue weighted by Crippen LogP contribution is 2.20. The lowest BCUT2D eigenvalue weighted by Crippen LogP contribution is -1.97. The van der Waals surface area contributed by atoms with Crippen molar-refractivity contribution in [1.82, 2.24) is 0 Å². The van der Waals surface area contributed by atoms with Gasteiger partial charge in [-0.15, -0.1) is 0 Å². The van der Waals surface area contributed by atoms with Gasteiger partial charge in [-0.2, -0.15) is 0 Å². The van der Waals surface area contributed by atoms with Crippen molar-refractivity contribution >= 4 is 11.5 Å². The lowest BCUT2D eigenvalue weighted by Gasteiger charge is -2.07. The average Bonchev–Trinajstić information content (AvgIpc) is 2.38. The second-order valence-corrected chi connectivity index (χ2v) is 3.99. The van der Waals surface area contributed by atoms with Gasteiger partial charge in [0, 0.05) is 6.08 Å². The van der Waals surface area contributed by atoms with Gasteiger partial charge in [-0.25, -0.2) is 4.79 Å². The number of aryl methyl sites for hydroxylation is 1. The fourth-order valence-electron chi connectivity index (χ4n) is 1.72. The van der Waals surface area contributed by atoms with Crippen LogP contribution < -0.4 is 0 Å². The maximum Gasteiger partial charge on any atom is 0.330 e. The molecule has 2 nitrogen and oxygen atoms in total. The molecule has 1 rings (SSSR count). The number of rotatable bonds is 5. The van der Waals surface area contributed by atoms with E-state index >= 15 is 0 Å². The Morgan fingerprint density at radius 3 is 2.35 bits per heavy atom. The van der Waals surface area contributed by atoms with E-state index < -0.39 is 0 Å². The van der Waals surface area contributed by atoms with Crippen LogP contribution in [0.15, 0.2) is 30.3 Å². The summed E-state index contributed by atoms with van der Waals surface area (Å²) in [6.07, 6.45) is 4.52. The minimum Gasteiger partial charge on any atom is -0.466 e. The zero-order valence-electron chi connectivity index (χ0n) is 10.8. The molecule has 0 fully saturated rings. The molecule has 1 aromatic carbocycles. The fraction of sp³-hybridized carbons (Fsp3) is 0.400. The molecule has 0 aliphatic carbocycles. The molecule has 0 radical (unpaired) electrons. The smallest absolute Gasteiger partial charge is 0.330 e. The summed E-state index contributed by atoms with van der Waals surface area (Å²) in [5.74, 6) is -0.284. The summed E-state index contributed by atoms with van der Waals surface area (Å²) in [5, 5.41) is 0. The topological polar surface area (TPSA) is 26.3 Å². The molecule has 0 bridgehead atoms. The van der Waals surface area contributed by atoms with Crippen LogP contribution in [0.25, 0.3) is 5.57 Å². The quantitative estimate of drug-likeness (QED) is 0.572. The molecule has 0 atom stereocenters. The summed E-state index contributed by atoms with van der Waals surface area (Å²) in [7, 11) is 1.41. The van der Waals surface area contributed by atoms with Gasteiger partial charge >= 0.3 is 5.97 Å².